The largest absolute Gasteiger partial charge is 0.328 e. The lowest BCUT2D eigenvalue weighted by atomic mass is 9.93. The molecule has 2 saturated heterocycles. The van der Waals surface area contributed by atoms with Crippen LogP contribution in [0.4, 0.5) is 0 Å². The predicted molar refractivity (Wildman–Crippen MR) is 82.4 cm³/mol. The van der Waals surface area contributed by atoms with Gasteiger partial charge in [-0.15, -0.1) is 6.42 Å². The summed E-state index contributed by atoms with van der Waals surface area (Å²) in [6.07, 6.45) is 9.43. The van der Waals surface area contributed by atoms with Gasteiger partial charge in [-0.05, 0) is 44.7 Å². The molecule has 2 aliphatic heterocycles. The number of carbonyl (C=O) groups is 1. The molecule has 1 atom stereocenters. The fraction of sp³-hybridized carbons (Fsp3) is 0.800. The Hall–Kier alpha value is -1.06. The molecule has 21 heavy (non-hydrogen) atoms. The second-order valence-electron chi connectivity index (χ2n) is 6.01. The molecule has 118 valence electrons. The van der Waals surface area contributed by atoms with Crippen LogP contribution in [-0.4, -0.2) is 56.4 Å². The summed E-state index contributed by atoms with van der Waals surface area (Å²) in [5.74, 6) is 3.32. The Morgan fingerprint density at radius 3 is 2.57 bits per heavy atom. The fourth-order valence-corrected chi connectivity index (χ4v) is 4.91. The zero-order chi connectivity index (χ0) is 15.3. The van der Waals surface area contributed by atoms with Gasteiger partial charge in [0.25, 0.3) is 0 Å². The van der Waals surface area contributed by atoms with E-state index in [0.29, 0.717) is 18.8 Å². The first kappa shape index (κ1) is 16.3. The van der Waals surface area contributed by atoms with Gasteiger partial charge in [-0.2, -0.15) is 0 Å². The van der Waals surface area contributed by atoms with E-state index < -0.39 is 9.84 Å². The summed E-state index contributed by atoms with van der Waals surface area (Å²) in [4.78, 5) is 14.0. The number of piperidine rings is 1. The second-order valence-corrected chi connectivity index (χ2v) is 8.24. The molecule has 0 aliphatic carbocycles. The number of carbonyl (C=O) groups excluding carboxylic acids is 1. The number of amides is 1. The van der Waals surface area contributed by atoms with Crippen LogP contribution in [0.15, 0.2) is 0 Å². The van der Waals surface area contributed by atoms with E-state index in [4.69, 9.17) is 6.42 Å². The lowest BCUT2D eigenvalue weighted by molar-refractivity contribution is -0.132. The third kappa shape index (κ3) is 4.72. The van der Waals surface area contributed by atoms with E-state index in [-0.39, 0.29) is 30.0 Å². The van der Waals surface area contributed by atoms with Crippen molar-refractivity contribution in [2.24, 2.45) is 5.92 Å². The van der Waals surface area contributed by atoms with Crippen LogP contribution in [0.5, 0.6) is 0 Å². The molecule has 6 heteroatoms. The minimum Gasteiger partial charge on any atom is -0.328 e. The van der Waals surface area contributed by atoms with Crippen molar-refractivity contribution in [1.82, 2.24) is 10.2 Å². The molecule has 2 fully saturated rings. The Morgan fingerprint density at radius 1 is 1.29 bits per heavy atom. The molecule has 0 bridgehead atoms. The maximum atomic E-state index is 12.4. The highest BCUT2D eigenvalue weighted by atomic mass is 32.2. The molecule has 1 unspecified atom stereocenters. The van der Waals surface area contributed by atoms with Crippen LogP contribution >= 0.6 is 0 Å². The quantitative estimate of drug-likeness (QED) is 0.747. The van der Waals surface area contributed by atoms with E-state index in [1.165, 1.54) is 0 Å². The van der Waals surface area contributed by atoms with Crippen molar-refractivity contribution in [3.05, 3.63) is 0 Å². The molecular weight excluding hydrogens is 288 g/mol. The van der Waals surface area contributed by atoms with Crippen molar-refractivity contribution in [1.29, 1.82) is 0 Å². The van der Waals surface area contributed by atoms with Gasteiger partial charge in [0.05, 0.1) is 18.1 Å². The smallest absolute Gasteiger partial charge is 0.223 e. The third-order valence-electron chi connectivity index (χ3n) is 4.46. The van der Waals surface area contributed by atoms with Crippen molar-refractivity contribution in [3.63, 3.8) is 0 Å². The van der Waals surface area contributed by atoms with E-state index in [2.05, 4.69) is 11.2 Å². The molecule has 0 aromatic heterocycles. The first-order valence-corrected chi connectivity index (χ1v) is 9.48. The summed E-state index contributed by atoms with van der Waals surface area (Å²) in [7, 11) is -3.00. The summed E-state index contributed by atoms with van der Waals surface area (Å²) in [6, 6.07) is -0.230. The Kier molecular flexibility index (Phi) is 5.65. The van der Waals surface area contributed by atoms with Crippen LogP contribution in [0.1, 0.15) is 32.1 Å². The molecule has 0 radical (unpaired) electrons. The Balaban J connectivity index is 1.88. The molecule has 2 rings (SSSR count). The fourth-order valence-electron chi connectivity index (χ4n) is 3.18. The number of nitrogens with zero attached hydrogens (tertiary/aromatic N) is 1. The number of nitrogens with one attached hydrogen (secondary N) is 1. The lowest BCUT2D eigenvalue weighted by Crippen LogP contribution is -2.41. The minimum atomic E-state index is -3.00. The van der Waals surface area contributed by atoms with Gasteiger partial charge < -0.3 is 10.2 Å². The monoisotopic (exact) mass is 312 g/mol. The highest BCUT2D eigenvalue weighted by Crippen LogP contribution is 2.22. The highest BCUT2D eigenvalue weighted by Gasteiger charge is 2.34. The van der Waals surface area contributed by atoms with Gasteiger partial charge in [0.2, 0.25) is 5.91 Å². The molecule has 0 aromatic carbocycles. The molecule has 1 amide bonds. The van der Waals surface area contributed by atoms with E-state index in [0.717, 1.165) is 32.4 Å². The highest BCUT2D eigenvalue weighted by molar-refractivity contribution is 7.91. The van der Waals surface area contributed by atoms with Crippen LogP contribution in [0.25, 0.3) is 0 Å². The van der Waals surface area contributed by atoms with Gasteiger partial charge >= 0.3 is 0 Å². The average Bonchev–Trinajstić information content (AvgIpc) is 2.83. The van der Waals surface area contributed by atoms with Crippen LogP contribution in [0.3, 0.4) is 0 Å². The van der Waals surface area contributed by atoms with Crippen molar-refractivity contribution in [2.75, 3.05) is 31.1 Å². The van der Waals surface area contributed by atoms with E-state index in [1.54, 1.807) is 4.90 Å². The zero-order valence-electron chi connectivity index (χ0n) is 12.4. The van der Waals surface area contributed by atoms with E-state index in [1.807, 2.05) is 0 Å². The normalized spacial score (nSPS) is 25.4. The summed E-state index contributed by atoms with van der Waals surface area (Å²) in [6.45, 7) is 2.26. The summed E-state index contributed by atoms with van der Waals surface area (Å²) in [5.41, 5.74) is 0. The maximum absolute atomic E-state index is 12.4. The van der Waals surface area contributed by atoms with Crippen molar-refractivity contribution < 1.29 is 13.2 Å². The van der Waals surface area contributed by atoms with Crippen LogP contribution in [-0.2, 0) is 14.6 Å². The van der Waals surface area contributed by atoms with Crippen molar-refractivity contribution in [2.45, 2.75) is 38.1 Å². The summed E-state index contributed by atoms with van der Waals surface area (Å²) in [5, 5.41) is 3.31. The van der Waals surface area contributed by atoms with Gasteiger partial charge in [0.1, 0.15) is 0 Å². The number of rotatable bonds is 5. The van der Waals surface area contributed by atoms with Gasteiger partial charge in [-0.1, -0.05) is 5.92 Å². The van der Waals surface area contributed by atoms with Crippen LogP contribution < -0.4 is 5.32 Å². The molecule has 0 saturated carbocycles. The lowest BCUT2D eigenvalue weighted by Gasteiger charge is -2.28. The molecular formula is C15H24N2O3S. The van der Waals surface area contributed by atoms with E-state index >= 15 is 0 Å². The summed E-state index contributed by atoms with van der Waals surface area (Å²) < 4.78 is 23.2. The topological polar surface area (TPSA) is 66.5 Å². The summed E-state index contributed by atoms with van der Waals surface area (Å²) >= 11 is 0. The molecule has 1 N–H and O–H groups in total. The van der Waals surface area contributed by atoms with Gasteiger partial charge in [-0.3, -0.25) is 4.79 Å². The standard InChI is InChI=1S/C15H24N2O3S/c1-2-10-17(14-7-11-21(19,20)12-14)15(18)4-3-13-5-8-16-9-6-13/h1,13-14,16H,3-12H2. The Bertz CT molecular complexity index is 504. The predicted octanol–water partition coefficient (Wildman–Crippen LogP) is 0.415. The molecule has 5 nitrogen and oxygen atoms in total. The number of sulfone groups is 1. The van der Waals surface area contributed by atoms with Crippen molar-refractivity contribution >= 4 is 15.7 Å². The number of hydrogen-bond donors (Lipinski definition) is 1. The zero-order valence-corrected chi connectivity index (χ0v) is 13.2. The molecule has 2 heterocycles. The molecule has 2 aliphatic rings. The van der Waals surface area contributed by atoms with Crippen LogP contribution in [0, 0.1) is 18.3 Å². The molecule has 0 spiro atoms. The average molecular weight is 312 g/mol. The SMILES string of the molecule is C#CCN(C(=O)CCC1CCNCC1)C1CCS(=O)(=O)C1. The number of hydrogen-bond acceptors (Lipinski definition) is 4. The first-order valence-electron chi connectivity index (χ1n) is 7.66. The Labute approximate surface area is 127 Å². The minimum absolute atomic E-state index is 0.00795. The number of terminal acetylenes is 1. The van der Waals surface area contributed by atoms with Gasteiger partial charge in [-0.25, -0.2) is 8.42 Å². The first-order chi connectivity index (χ1) is 10.0. The second kappa shape index (κ2) is 7.28. The van der Waals surface area contributed by atoms with Gasteiger partial charge in [0.15, 0.2) is 9.84 Å². The molecule has 0 aromatic rings. The Morgan fingerprint density at radius 2 is 2.00 bits per heavy atom. The third-order valence-corrected chi connectivity index (χ3v) is 6.21. The van der Waals surface area contributed by atoms with E-state index in [9.17, 15) is 13.2 Å². The van der Waals surface area contributed by atoms with Crippen molar-refractivity contribution in [3.8, 4) is 12.3 Å². The van der Waals surface area contributed by atoms with Gasteiger partial charge in [0, 0.05) is 12.5 Å². The van der Waals surface area contributed by atoms with Crippen LogP contribution in [0.2, 0.25) is 0 Å². The maximum Gasteiger partial charge on any atom is 0.223 e.